The van der Waals surface area contributed by atoms with Crippen LogP contribution in [-0.2, 0) is 6.18 Å². The zero-order valence-corrected chi connectivity index (χ0v) is 9.93. The quantitative estimate of drug-likeness (QED) is 0.872. The highest BCUT2D eigenvalue weighted by Gasteiger charge is 2.30. The molecular weight excluding hydrogens is 243 g/mol. The van der Waals surface area contributed by atoms with Crippen LogP contribution in [0, 0.1) is 0 Å². The van der Waals surface area contributed by atoms with Gasteiger partial charge in [0.15, 0.2) is 0 Å². The minimum atomic E-state index is -4.31. The van der Waals surface area contributed by atoms with Gasteiger partial charge in [0.05, 0.1) is 5.56 Å². The van der Waals surface area contributed by atoms with E-state index in [1.807, 2.05) is 0 Å². The molecule has 0 spiro atoms. The molecule has 1 aromatic heterocycles. The maximum Gasteiger partial charge on any atom is 0.416 e. The summed E-state index contributed by atoms with van der Waals surface area (Å²) in [5, 5.41) is 6.27. The Balaban J connectivity index is 1.85. The van der Waals surface area contributed by atoms with E-state index in [9.17, 15) is 13.2 Å². The van der Waals surface area contributed by atoms with Crippen molar-refractivity contribution >= 4 is 5.82 Å². The summed E-state index contributed by atoms with van der Waals surface area (Å²) in [5.74, 6) is 0.280. The van der Waals surface area contributed by atoms with Crippen molar-refractivity contribution in [2.45, 2.75) is 31.5 Å². The van der Waals surface area contributed by atoms with Gasteiger partial charge in [0.2, 0.25) is 0 Å². The first-order valence-electron chi connectivity index (χ1n) is 6.06. The molecule has 2 N–H and O–H groups in total. The molecule has 18 heavy (non-hydrogen) atoms. The molecule has 0 radical (unpaired) electrons. The van der Waals surface area contributed by atoms with Crippen LogP contribution in [0.2, 0.25) is 0 Å². The first-order chi connectivity index (χ1) is 8.55. The summed E-state index contributed by atoms with van der Waals surface area (Å²) >= 11 is 0. The van der Waals surface area contributed by atoms with Crippen LogP contribution in [0.25, 0.3) is 0 Å². The summed E-state index contributed by atoms with van der Waals surface area (Å²) in [5.41, 5.74) is -0.668. The van der Waals surface area contributed by atoms with E-state index in [4.69, 9.17) is 0 Å². The Morgan fingerprint density at radius 3 is 2.94 bits per heavy atom. The van der Waals surface area contributed by atoms with Gasteiger partial charge in [-0.15, -0.1) is 0 Å². The summed E-state index contributed by atoms with van der Waals surface area (Å²) in [7, 11) is 0. The van der Waals surface area contributed by atoms with Crippen molar-refractivity contribution in [3.63, 3.8) is 0 Å². The molecule has 0 saturated carbocycles. The number of aromatic nitrogens is 1. The molecular formula is C12H16F3N3. The predicted octanol–water partition coefficient (Wildman–Crippen LogP) is 2.65. The Bertz CT molecular complexity index is 386. The van der Waals surface area contributed by atoms with Crippen LogP contribution in [0.5, 0.6) is 0 Å². The third kappa shape index (κ3) is 3.60. The van der Waals surface area contributed by atoms with Gasteiger partial charge in [-0.25, -0.2) is 4.98 Å². The monoisotopic (exact) mass is 259 g/mol. The summed E-state index contributed by atoms with van der Waals surface area (Å²) in [6.07, 6.45) is 0.0768. The van der Waals surface area contributed by atoms with Crippen LogP contribution in [0.3, 0.4) is 0 Å². The largest absolute Gasteiger partial charge is 0.416 e. The summed E-state index contributed by atoms with van der Waals surface area (Å²) in [6.45, 7) is 1.67. The Hall–Kier alpha value is -1.30. The van der Waals surface area contributed by atoms with E-state index < -0.39 is 11.7 Å². The topological polar surface area (TPSA) is 37.0 Å². The second-order valence-corrected chi connectivity index (χ2v) is 4.44. The molecule has 0 aliphatic carbocycles. The second kappa shape index (κ2) is 5.56. The van der Waals surface area contributed by atoms with E-state index in [2.05, 4.69) is 15.6 Å². The number of anilines is 1. The molecule has 2 rings (SSSR count). The lowest BCUT2D eigenvalue weighted by Gasteiger charge is -2.12. The summed E-state index contributed by atoms with van der Waals surface area (Å²) in [4.78, 5) is 3.89. The van der Waals surface area contributed by atoms with E-state index >= 15 is 0 Å². The Morgan fingerprint density at radius 2 is 2.28 bits per heavy atom. The third-order valence-corrected chi connectivity index (χ3v) is 3.05. The maximum atomic E-state index is 12.5. The molecule has 0 amide bonds. The van der Waals surface area contributed by atoms with E-state index in [0.29, 0.717) is 12.6 Å². The van der Waals surface area contributed by atoms with E-state index in [1.54, 1.807) is 0 Å². The van der Waals surface area contributed by atoms with Gasteiger partial charge in [-0.1, -0.05) is 0 Å². The van der Waals surface area contributed by atoms with Crippen LogP contribution >= 0.6 is 0 Å². The highest BCUT2D eigenvalue weighted by Crippen LogP contribution is 2.29. The summed E-state index contributed by atoms with van der Waals surface area (Å²) < 4.78 is 37.4. The van der Waals surface area contributed by atoms with Gasteiger partial charge in [0, 0.05) is 18.8 Å². The minimum Gasteiger partial charge on any atom is -0.370 e. The lowest BCUT2D eigenvalue weighted by Crippen LogP contribution is -2.24. The average molecular weight is 259 g/mol. The fraction of sp³-hybridized carbons (Fsp3) is 0.583. The molecule has 100 valence electrons. The maximum absolute atomic E-state index is 12.5. The van der Waals surface area contributed by atoms with Crippen molar-refractivity contribution in [1.82, 2.24) is 10.3 Å². The van der Waals surface area contributed by atoms with Gasteiger partial charge in [0.1, 0.15) is 5.82 Å². The molecule has 0 aromatic carbocycles. The number of alkyl halides is 3. The number of nitrogens with zero attached hydrogens (tertiary/aromatic N) is 1. The highest BCUT2D eigenvalue weighted by molar-refractivity contribution is 5.38. The fourth-order valence-electron chi connectivity index (χ4n) is 2.08. The van der Waals surface area contributed by atoms with Crippen molar-refractivity contribution < 1.29 is 13.2 Å². The van der Waals surface area contributed by atoms with Crippen molar-refractivity contribution in [3.05, 3.63) is 23.9 Å². The van der Waals surface area contributed by atoms with Crippen molar-refractivity contribution in [2.24, 2.45) is 0 Å². The Kier molecular flexibility index (Phi) is 4.06. The van der Waals surface area contributed by atoms with Crippen molar-refractivity contribution in [1.29, 1.82) is 0 Å². The minimum absolute atomic E-state index is 0.280. The van der Waals surface area contributed by atoms with E-state index in [1.165, 1.54) is 12.6 Å². The first-order valence-corrected chi connectivity index (χ1v) is 6.06. The molecule has 6 heteroatoms. The molecule has 1 atom stereocenters. The molecule has 1 aliphatic rings. The molecule has 0 bridgehead atoms. The van der Waals surface area contributed by atoms with Crippen LogP contribution in [0.1, 0.15) is 24.8 Å². The average Bonchev–Trinajstić information content (AvgIpc) is 2.81. The van der Waals surface area contributed by atoms with Crippen molar-refractivity contribution in [2.75, 3.05) is 18.4 Å². The number of nitrogens with one attached hydrogen (secondary N) is 2. The number of hydrogen-bond donors (Lipinski definition) is 2. The lowest BCUT2D eigenvalue weighted by molar-refractivity contribution is -0.137. The van der Waals surface area contributed by atoms with Gasteiger partial charge in [-0.3, -0.25) is 0 Å². The molecule has 3 nitrogen and oxygen atoms in total. The molecule has 1 aliphatic heterocycles. The highest BCUT2D eigenvalue weighted by atomic mass is 19.4. The zero-order valence-electron chi connectivity index (χ0n) is 9.93. The predicted molar refractivity (Wildman–Crippen MR) is 63.4 cm³/mol. The smallest absolute Gasteiger partial charge is 0.370 e. The number of hydrogen-bond acceptors (Lipinski definition) is 3. The fourth-order valence-corrected chi connectivity index (χ4v) is 2.08. The van der Waals surface area contributed by atoms with Crippen LogP contribution in [-0.4, -0.2) is 24.1 Å². The van der Waals surface area contributed by atoms with E-state index in [-0.39, 0.29) is 5.82 Å². The van der Waals surface area contributed by atoms with Gasteiger partial charge in [-0.05, 0) is 37.9 Å². The summed E-state index contributed by atoms with van der Waals surface area (Å²) in [6, 6.07) is 2.49. The molecule has 1 aromatic rings. The Morgan fingerprint density at radius 1 is 1.44 bits per heavy atom. The van der Waals surface area contributed by atoms with Gasteiger partial charge in [-0.2, -0.15) is 13.2 Å². The number of pyridine rings is 1. The second-order valence-electron chi connectivity index (χ2n) is 4.44. The van der Waals surface area contributed by atoms with Crippen LogP contribution < -0.4 is 10.6 Å². The van der Waals surface area contributed by atoms with Gasteiger partial charge < -0.3 is 10.6 Å². The molecule has 1 saturated heterocycles. The molecule has 1 fully saturated rings. The Labute approximate surface area is 104 Å². The first kappa shape index (κ1) is 13.1. The molecule has 0 unspecified atom stereocenters. The van der Waals surface area contributed by atoms with Crippen molar-refractivity contribution in [3.8, 4) is 0 Å². The number of rotatable bonds is 4. The SMILES string of the molecule is FC(F)(F)c1ccnc(NCC[C@@H]2CCCN2)c1. The van der Waals surface area contributed by atoms with Gasteiger partial charge in [0.25, 0.3) is 0 Å². The number of halogens is 3. The van der Waals surface area contributed by atoms with Gasteiger partial charge >= 0.3 is 6.18 Å². The van der Waals surface area contributed by atoms with E-state index in [0.717, 1.165) is 31.5 Å². The standard InChI is InChI=1S/C12H16F3N3/c13-12(14,15)9-3-6-17-11(8-9)18-7-4-10-2-1-5-16-10/h3,6,8,10,16H,1-2,4-5,7H2,(H,17,18)/t10-/m0/s1. The van der Waals surface area contributed by atoms with Crippen LogP contribution in [0.4, 0.5) is 19.0 Å². The molecule has 2 heterocycles. The third-order valence-electron chi connectivity index (χ3n) is 3.05. The lowest BCUT2D eigenvalue weighted by atomic mass is 10.1. The zero-order chi connectivity index (χ0) is 13.0. The normalized spacial score (nSPS) is 20.1. The van der Waals surface area contributed by atoms with Crippen LogP contribution in [0.15, 0.2) is 18.3 Å².